The van der Waals surface area contributed by atoms with E-state index in [0.29, 0.717) is 38.6 Å². The predicted molar refractivity (Wildman–Crippen MR) is 315 cm³/mol. The minimum absolute atomic E-state index is 0.0357. The summed E-state index contributed by atoms with van der Waals surface area (Å²) in [6.07, 6.45) is 15.7. The molecule has 0 bridgehead atoms. The Morgan fingerprint density at radius 3 is 1.53 bits per heavy atom. The highest BCUT2D eigenvalue weighted by Crippen LogP contribution is 2.24. The highest BCUT2D eigenvalue weighted by atomic mass is 16.5. The molecule has 0 saturated heterocycles. The number of benzene rings is 1. The smallest absolute Gasteiger partial charge is 0.326 e. The van der Waals surface area contributed by atoms with Gasteiger partial charge in [-0.2, -0.15) is 0 Å². The minimum Gasteiger partial charge on any atom is -0.508 e. The summed E-state index contributed by atoms with van der Waals surface area (Å²) in [6.45, 7) is 3.93. The zero-order valence-electron chi connectivity index (χ0n) is 50.6. The summed E-state index contributed by atoms with van der Waals surface area (Å²) >= 11 is 0. The van der Waals surface area contributed by atoms with Crippen molar-refractivity contribution in [3.8, 4) is 5.75 Å². The summed E-state index contributed by atoms with van der Waals surface area (Å²) in [7, 11) is 0. The SMILES string of the molecule is CC(C)CC(=O)C[C@@H](CCCCNC(=O)COCCOCC(=O)COCCOCCNC(=O)CC[C@H](CC(=O)CC[C@H](NC(=O)CCCCCCCCCCCCCCCCC(=O)O)C(=O)O)C(=O)O)C(=O)C[C@@H](Cc1ccc(O)cc1)C(N)=O. The number of carboxylic acids is 3. The number of phenols is 1. The number of ketones is 4. The summed E-state index contributed by atoms with van der Waals surface area (Å²) in [5, 5.41) is 45.4. The van der Waals surface area contributed by atoms with Gasteiger partial charge in [-0.1, -0.05) is 109 Å². The molecular weight excluding hydrogens is 1100 g/mol. The van der Waals surface area contributed by atoms with E-state index in [1.807, 2.05) is 13.8 Å². The molecule has 4 atom stereocenters. The van der Waals surface area contributed by atoms with Gasteiger partial charge >= 0.3 is 17.9 Å². The average Bonchev–Trinajstić information content (AvgIpc) is 3.47. The molecule has 0 saturated carbocycles. The first-order valence-electron chi connectivity index (χ1n) is 30.6. The monoisotopic (exact) mass is 1200 g/mol. The van der Waals surface area contributed by atoms with Crippen LogP contribution in [0.5, 0.6) is 5.75 Å². The molecule has 9 N–H and O–H groups in total. The first-order chi connectivity index (χ1) is 40.7. The molecule has 0 radical (unpaired) electrons. The molecule has 482 valence electrons. The van der Waals surface area contributed by atoms with Crippen LogP contribution in [0.2, 0.25) is 0 Å². The van der Waals surface area contributed by atoms with E-state index in [9.17, 15) is 68.1 Å². The first kappa shape index (κ1) is 76.8. The summed E-state index contributed by atoms with van der Waals surface area (Å²) in [6, 6.07) is 5.01. The van der Waals surface area contributed by atoms with E-state index in [4.69, 9.17) is 29.8 Å². The van der Waals surface area contributed by atoms with Crippen molar-refractivity contribution < 1.29 is 92.1 Å². The Kier molecular flexibility index (Phi) is 44.3. The number of unbranched alkanes of at least 4 members (excludes halogenated alkanes) is 14. The second kappa shape index (κ2) is 49.0. The van der Waals surface area contributed by atoms with E-state index >= 15 is 0 Å². The Morgan fingerprint density at radius 1 is 0.459 bits per heavy atom. The quantitative estimate of drug-likeness (QED) is 0.0312. The van der Waals surface area contributed by atoms with Gasteiger partial charge in [0.15, 0.2) is 5.78 Å². The number of hydrogen-bond donors (Lipinski definition) is 8. The number of carboxylic acid groups (broad SMARTS) is 3. The Bertz CT molecular complexity index is 2140. The van der Waals surface area contributed by atoms with Gasteiger partial charge in [-0.15, -0.1) is 0 Å². The van der Waals surface area contributed by atoms with Crippen molar-refractivity contribution >= 4 is 64.7 Å². The van der Waals surface area contributed by atoms with Gasteiger partial charge in [-0.25, -0.2) is 4.79 Å². The number of carbonyl (C=O) groups is 11. The van der Waals surface area contributed by atoms with Crippen molar-refractivity contribution in [3.05, 3.63) is 29.8 Å². The molecule has 0 aromatic heterocycles. The molecule has 0 heterocycles. The lowest BCUT2D eigenvalue weighted by Gasteiger charge is -2.19. The third-order valence-corrected chi connectivity index (χ3v) is 14.1. The molecule has 23 nitrogen and oxygen atoms in total. The lowest BCUT2D eigenvalue weighted by atomic mass is 9.84. The number of nitrogens with one attached hydrogen (secondary N) is 3. The second-order valence-corrected chi connectivity index (χ2v) is 22.3. The van der Waals surface area contributed by atoms with Gasteiger partial charge in [0.05, 0.1) is 39.0 Å². The fraction of sp³-hybridized carbons (Fsp3) is 0.726. The number of carbonyl (C=O) groups excluding carboxylic acids is 8. The average molecular weight is 1210 g/mol. The summed E-state index contributed by atoms with van der Waals surface area (Å²) < 4.78 is 21.3. The number of aromatic hydroxyl groups is 1. The number of hydrogen-bond acceptors (Lipinski definition) is 16. The zero-order valence-corrected chi connectivity index (χ0v) is 50.6. The second-order valence-electron chi connectivity index (χ2n) is 22.3. The molecule has 0 unspecified atom stereocenters. The van der Waals surface area contributed by atoms with Crippen molar-refractivity contribution in [1.29, 1.82) is 0 Å². The van der Waals surface area contributed by atoms with Crippen molar-refractivity contribution in [1.82, 2.24) is 16.0 Å². The number of amides is 4. The van der Waals surface area contributed by atoms with Gasteiger partial charge in [0.25, 0.3) is 0 Å². The molecule has 0 aliphatic carbocycles. The van der Waals surface area contributed by atoms with E-state index in [2.05, 4.69) is 16.0 Å². The van der Waals surface area contributed by atoms with Gasteiger partial charge in [0.2, 0.25) is 23.6 Å². The van der Waals surface area contributed by atoms with Crippen LogP contribution in [0.15, 0.2) is 24.3 Å². The molecule has 1 rings (SSSR count). The van der Waals surface area contributed by atoms with Crippen LogP contribution < -0.4 is 21.7 Å². The van der Waals surface area contributed by atoms with E-state index in [-0.39, 0.29) is 152 Å². The molecule has 1 aromatic carbocycles. The van der Waals surface area contributed by atoms with Crippen LogP contribution in [0.3, 0.4) is 0 Å². The molecule has 23 heteroatoms. The van der Waals surface area contributed by atoms with Gasteiger partial charge in [0.1, 0.15) is 49.0 Å². The molecular formula is C62H100N4O19. The number of aliphatic carboxylic acids is 3. The number of ether oxygens (including phenoxy) is 4. The van der Waals surface area contributed by atoms with Crippen molar-refractivity contribution in [2.45, 2.75) is 200 Å². The zero-order chi connectivity index (χ0) is 63.0. The number of phenolic OH excluding ortho intramolecular Hbond substituents is 1. The van der Waals surface area contributed by atoms with Gasteiger partial charge in [0, 0.05) is 76.3 Å². The molecule has 0 aliphatic rings. The number of nitrogens with two attached hydrogens (primary N) is 1. The fourth-order valence-corrected chi connectivity index (χ4v) is 9.36. The van der Waals surface area contributed by atoms with E-state index in [1.165, 1.54) is 37.8 Å². The number of primary amides is 1. The van der Waals surface area contributed by atoms with Gasteiger partial charge in [-0.05, 0) is 68.6 Å². The van der Waals surface area contributed by atoms with Crippen LogP contribution in [0, 0.1) is 23.7 Å². The molecule has 4 amide bonds. The van der Waals surface area contributed by atoms with E-state index < -0.39 is 71.6 Å². The third-order valence-electron chi connectivity index (χ3n) is 14.1. The summed E-state index contributed by atoms with van der Waals surface area (Å²) in [5.41, 5.74) is 6.38. The number of rotatable bonds is 58. The summed E-state index contributed by atoms with van der Waals surface area (Å²) in [5.74, 6) is -8.57. The standard InChI is InChI=1S/C62H100N4O19/c1-45(2)37-52(69)39-47(55(71)41-49(60(63)77)38-46-22-25-50(67)26-23-46)19-17-18-30-64-58(74)44-85-36-35-84-43-53(70)42-83-34-33-82-32-31-65-56(72)29-24-48(61(78)79)40-51(68)27-28-54(62(80)81)66-57(73)20-15-13-11-9-7-5-3-4-6-8-10-12-14-16-21-59(75)76/h22-23,25-26,45,47-49,54,67H,3-21,24,27-44H2,1-2H3,(H2,63,77)(H,64,74)(H,65,72)(H,66,73)(H,75,76)(H,78,79)(H,80,81)/t47-,48-,49-,54+/m1/s1. The highest BCUT2D eigenvalue weighted by Gasteiger charge is 2.28. The van der Waals surface area contributed by atoms with Crippen LogP contribution in [0.4, 0.5) is 0 Å². The molecule has 85 heavy (non-hydrogen) atoms. The minimum atomic E-state index is -1.29. The Balaban J connectivity index is 2.15. The van der Waals surface area contributed by atoms with Crippen molar-refractivity contribution in [2.75, 3.05) is 65.9 Å². The Labute approximate surface area is 501 Å². The first-order valence-corrected chi connectivity index (χ1v) is 30.6. The summed E-state index contributed by atoms with van der Waals surface area (Å²) in [4.78, 5) is 135. The Hall–Kier alpha value is -6.17. The maximum Gasteiger partial charge on any atom is 0.326 e. The topological polar surface area (TPSA) is 368 Å². The van der Waals surface area contributed by atoms with Crippen LogP contribution in [-0.2, 0) is 78.1 Å². The van der Waals surface area contributed by atoms with Crippen LogP contribution in [0.25, 0.3) is 0 Å². The van der Waals surface area contributed by atoms with E-state index in [1.54, 1.807) is 12.1 Å². The maximum atomic E-state index is 13.4. The predicted octanol–water partition coefficient (Wildman–Crippen LogP) is 6.77. The molecule has 0 aliphatic heterocycles. The Morgan fingerprint density at radius 2 is 0.988 bits per heavy atom. The maximum absolute atomic E-state index is 13.4. The highest BCUT2D eigenvalue weighted by molar-refractivity contribution is 5.91. The van der Waals surface area contributed by atoms with E-state index in [0.717, 1.165) is 63.4 Å². The largest absolute Gasteiger partial charge is 0.508 e. The lowest BCUT2D eigenvalue weighted by molar-refractivity contribution is -0.145. The normalized spacial score (nSPS) is 12.6. The third kappa shape index (κ3) is 44.0. The van der Waals surface area contributed by atoms with Gasteiger partial charge < -0.3 is 61.1 Å². The molecule has 0 fully saturated rings. The van der Waals surface area contributed by atoms with Crippen molar-refractivity contribution in [3.63, 3.8) is 0 Å². The number of Topliss-reactive ketones (excluding diaryl/α,β-unsaturated/α-hetero) is 4. The van der Waals surface area contributed by atoms with Crippen molar-refractivity contribution in [2.24, 2.45) is 29.4 Å². The van der Waals surface area contributed by atoms with Crippen LogP contribution in [-0.4, -0.2) is 157 Å². The van der Waals surface area contributed by atoms with Gasteiger partial charge in [-0.3, -0.25) is 47.9 Å². The molecule has 0 spiro atoms. The van der Waals surface area contributed by atoms with Crippen LogP contribution in [0.1, 0.15) is 193 Å². The lowest BCUT2D eigenvalue weighted by Crippen LogP contribution is -2.41. The fourth-order valence-electron chi connectivity index (χ4n) is 9.36. The molecule has 1 aromatic rings. The van der Waals surface area contributed by atoms with Crippen LogP contribution >= 0.6 is 0 Å².